The highest BCUT2D eigenvalue weighted by molar-refractivity contribution is 7.99. The van der Waals surface area contributed by atoms with Gasteiger partial charge in [-0.25, -0.2) is 14.9 Å². The molecule has 2 heterocycles. The molecule has 3 rings (SSSR count). The van der Waals surface area contributed by atoms with Gasteiger partial charge in [0.25, 0.3) is 0 Å². The van der Waals surface area contributed by atoms with Crippen molar-refractivity contribution in [1.82, 2.24) is 19.7 Å². The fraction of sp³-hybridized carbons (Fsp3) is 0.385. The standard InChI is InChI=1S/C13H16N6OS/c1-2-19-12(20)17-18-13(19)21-11-8(10(14)15)6-7-4-3-5-9(7)16-11/h6H,2-5H2,1H3,(H3,14,15)(H,17,20). The number of hydrogen-bond acceptors (Lipinski definition) is 5. The normalized spacial score (nSPS) is 13.4. The van der Waals surface area contributed by atoms with E-state index in [0.717, 1.165) is 25.0 Å². The molecule has 21 heavy (non-hydrogen) atoms. The number of aromatic amines is 1. The van der Waals surface area contributed by atoms with Crippen LogP contribution in [0.15, 0.2) is 21.0 Å². The number of aryl methyl sites for hydroxylation is 2. The molecular formula is C13H16N6OS. The average molecular weight is 304 g/mol. The molecule has 8 heteroatoms. The number of nitrogen functional groups attached to an aromatic ring is 1. The quantitative estimate of drug-likeness (QED) is 0.574. The van der Waals surface area contributed by atoms with Crippen LogP contribution in [0.25, 0.3) is 0 Å². The summed E-state index contributed by atoms with van der Waals surface area (Å²) in [5.74, 6) is -0.0133. The Morgan fingerprint density at radius 1 is 1.57 bits per heavy atom. The number of pyridine rings is 1. The maximum atomic E-state index is 11.6. The highest BCUT2D eigenvalue weighted by Crippen LogP contribution is 2.31. The number of amidine groups is 1. The summed E-state index contributed by atoms with van der Waals surface area (Å²) < 4.78 is 1.53. The van der Waals surface area contributed by atoms with Gasteiger partial charge in [0.15, 0.2) is 5.16 Å². The largest absolute Gasteiger partial charge is 0.384 e. The molecule has 0 spiro atoms. The first kappa shape index (κ1) is 13.9. The molecule has 110 valence electrons. The van der Waals surface area contributed by atoms with E-state index in [9.17, 15) is 4.79 Å². The molecule has 0 fully saturated rings. The number of H-pyrrole nitrogens is 1. The van der Waals surface area contributed by atoms with Gasteiger partial charge in [0, 0.05) is 17.8 Å². The number of hydrogen-bond donors (Lipinski definition) is 3. The van der Waals surface area contributed by atoms with Crippen molar-refractivity contribution in [2.45, 2.75) is 42.9 Å². The maximum Gasteiger partial charge on any atom is 0.343 e. The highest BCUT2D eigenvalue weighted by atomic mass is 32.2. The molecule has 0 aromatic carbocycles. The fourth-order valence-corrected chi connectivity index (χ4v) is 3.49. The highest BCUT2D eigenvalue weighted by Gasteiger charge is 2.20. The lowest BCUT2D eigenvalue weighted by atomic mass is 10.1. The number of rotatable bonds is 4. The van der Waals surface area contributed by atoms with E-state index < -0.39 is 0 Å². The second-order valence-electron chi connectivity index (χ2n) is 4.87. The van der Waals surface area contributed by atoms with Crippen LogP contribution in [0.2, 0.25) is 0 Å². The van der Waals surface area contributed by atoms with Crippen molar-refractivity contribution in [3.63, 3.8) is 0 Å². The zero-order valence-electron chi connectivity index (χ0n) is 11.6. The summed E-state index contributed by atoms with van der Waals surface area (Å²) in [6.07, 6.45) is 3.01. The third-order valence-electron chi connectivity index (χ3n) is 3.53. The SMILES string of the molecule is CCn1c(Sc2nc3c(cc2C(=N)N)CCC3)n[nH]c1=O. The van der Waals surface area contributed by atoms with Gasteiger partial charge in [-0.1, -0.05) is 0 Å². The molecule has 0 saturated heterocycles. The summed E-state index contributed by atoms with van der Waals surface area (Å²) in [7, 11) is 0. The van der Waals surface area contributed by atoms with Gasteiger partial charge in [-0.15, -0.1) is 5.10 Å². The van der Waals surface area contributed by atoms with Crippen molar-refractivity contribution in [2.24, 2.45) is 5.73 Å². The topological polar surface area (TPSA) is 113 Å². The van der Waals surface area contributed by atoms with Crippen LogP contribution in [0.1, 0.15) is 30.2 Å². The van der Waals surface area contributed by atoms with E-state index >= 15 is 0 Å². The minimum absolute atomic E-state index is 0.0133. The van der Waals surface area contributed by atoms with Gasteiger partial charge in [0.2, 0.25) is 0 Å². The molecule has 2 aromatic heterocycles. The van der Waals surface area contributed by atoms with Gasteiger partial charge >= 0.3 is 5.69 Å². The summed E-state index contributed by atoms with van der Waals surface area (Å²) in [6, 6.07) is 1.95. The molecule has 1 aliphatic rings. The van der Waals surface area contributed by atoms with Crippen LogP contribution in [0.5, 0.6) is 0 Å². The predicted octanol–water partition coefficient (Wildman–Crippen LogP) is 0.910. The van der Waals surface area contributed by atoms with Crippen molar-refractivity contribution in [3.8, 4) is 0 Å². The van der Waals surface area contributed by atoms with Crippen LogP contribution in [0.4, 0.5) is 0 Å². The molecule has 0 radical (unpaired) electrons. The number of aromatic nitrogens is 4. The minimum Gasteiger partial charge on any atom is -0.384 e. The number of nitrogens with two attached hydrogens (primary N) is 1. The first-order valence-electron chi connectivity index (χ1n) is 6.80. The summed E-state index contributed by atoms with van der Waals surface area (Å²) in [5, 5.41) is 15.4. The Morgan fingerprint density at radius 2 is 2.38 bits per heavy atom. The maximum absolute atomic E-state index is 11.6. The molecule has 0 aliphatic heterocycles. The van der Waals surface area contributed by atoms with Crippen molar-refractivity contribution in [2.75, 3.05) is 0 Å². The Morgan fingerprint density at radius 3 is 3.10 bits per heavy atom. The molecule has 0 atom stereocenters. The lowest BCUT2D eigenvalue weighted by Gasteiger charge is -2.10. The Balaban J connectivity index is 2.05. The molecule has 7 nitrogen and oxygen atoms in total. The number of fused-ring (bicyclic) bond motifs is 1. The van der Waals surface area contributed by atoms with E-state index in [2.05, 4.69) is 15.2 Å². The zero-order valence-corrected chi connectivity index (χ0v) is 12.5. The fourth-order valence-electron chi connectivity index (χ4n) is 2.47. The molecule has 2 aromatic rings. The third-order valence-corrected chi connectivity index (χ3v) is 4.53. The minimum atomic E-state index is -0.245. The van der Waals surface area contributed by atoms with E-state index in [-0.39, 0.29) is 11.5 Å². The van der Waals surface area contributed by atoms with Crippen molar-refractivity contribution >= 4 is 17.6 Å². The predicted molar refractivity (Wildman–Crippen MR) is 79.9 cm³/mol. The van der Waals surface area contributed by atoms with Gasteiger partial charge in [-0.2, -0.15) is 0 Å². The molecular weight excluding hydrogens is 288 g/mol. The molecule has 1 aliphatic carbocycles. The van der Waals surface area contributed by atoms with E-state index in [1.807, 2.05) is 13.0 Å². The van der Waals surface area contributed by atoms with Crippen LogP contribution in [0.3, 0.4) is 0 Å². The molecule has 0 bridgehead atoms. The van der Waals surface area contributed by atoms with E-state index in [0.29, 0.717) is 22.3 Å². The zero-order chi connectivity index (χ0) is 15.0. The first-order valence-corrected chi connectivity index (χ1v) is 7.62. The van der Waals surface area contributed by atoms with Crippen molar-refractivity contribution < 1.29 is 0 Å². The van der Waals surface area contributed by atoms with Gasteiger partial charge in [-0.05, 0) is 49.6 Å². The molecule has 0 saturated carbocycles. The van der Waals surface area contributed by atoms with Crippen LogP contribution in [-0.2, 0) is 19.4 Å². The van der Waals surface area contributed by atoms with Gasteiger partial charge in [0.05, 0.1) is 0 Å². The number of nitrogens with one attached hydrogen (secondary N) is 2. The first-order chi connectivity index (χ1) is 10.1. The average Bonchev–Trinajstić information content (AvgIpc) is 3.04. The second-order valence-corrected chi connectivity index (χ2v) is 5.83. The summed E-state index contributed by atoms with van der Waals surface area (Å²) in [6.45, 7) is 2.40. The summed E-state index contributed by atoms with van der Waals surface area (Å²) in [4.78, 5) is 16.2. The Hall–Kier alpha value is -2.09. The van der Waals surface area contributed by atoms with Crippen molar-refractivity contribution in [3.05, 3.63) is 33.4 Å². The van der Waals surface area contributed by atoms with E-state index in [1.54, 1.807) is 0 Å². The number of nitrogens with zero attached hydrogens (tertiary/aromatic N) is 3. The lowest BCUT2D eigenvalue weighted by Crippen LogP contribution is -2.17. The van der Waals surface area contributed by atoms with Gasteiger partial charge < -0.3 is 5.73 Å². The van der Waals surface area contributed by atoms with E-state index in [4.69, 9.17) is 11.1 Å². The van der Waals surface area contributed by atoms with Crippen LogP contribution < -0.4 is 11.4 Å². The van der Waals surface area contributed by atoms with Crippen LogP contribution in [-0.4, -0.2) is 25.6 Å². The molecule has 0 unspecified atom stereocenters. The Labute approximate surface area is 125 Å². The lowest BCUT2D eigenvalue weighted by molar-refractivity contribution is 0.660. The van der Waals surface area contributed by atoms with Gasteiger partial charge in [-0.3, -0.25) is 9.98 Å². The monoisotopic (exact) mass is 304 g/mol. The van der Waals surface area contributed by atoms with Crippen LogP contribution in [0, 0.1) is 5.41 Å². The Kier molecular flexibility index (Phi) is 3.54. The molecule has 0 amide bonds. The smallest absolute Gasteiger partial charge is 0.343 e. The van der Waals surface area contributed by atoms with Crippen LogP contribution >= 0.6 is 11.8 Å². The summed E-state index contributed by atoms with van der Waals surface area (Å²) in [5.41, 5.74) is 8.26. The Bertz CT molecular complexity index is 763. The third kappa shape index (κ3) is 2.46. The second kappa shape index (κ2) is 5.36. The summed E-state index contributed by atoms with van der Waals surface area (Å²) >= 11 is 1.27. The van der Waals surface area contributed by atoms with Crippen molar-refractivity contribution in [1.29, 1.82) is 5.41 Å². The molecule has 4 N–H and O–H groups in total. The van der Waals surface area contributed by atoms with E-state index in [1.165, 1.54) is 21.9 Å². The van der Waals surface area contributed by atoms with Gasteiger partial charge in [0.1, 0.15) is 10.9 Å².